The Morgan fingerprint density at radius 3 is 1.79 bits per heavy atom. The summed E-state index contributed by atoms with van der Waals surface area (Å²) in [5.74, 6) is -6.70. The molecular weight excluding hydrogens is 330 g/mol. The minimum absolute atomic E-state index is 0.751. The lowest BCUT2D eigenvalue weighted by Crippen LogP contribution is -2.57. The monoisotopic (exact) mass is 349 g/mol. The van der Waals surface area contributed by atoms with Gasteiger partial charge < -0.3 is 36.8 Å². The number of nitrogens with two attached hydrogens (primary N) is 1. The number of rotatable bonds is 10. The number of hydrogen-bond acceptors (Lipinski definition) is 7. The first-order valence-electron chi connectivity index (χ1n) is 6.66. The lowest BCUT2D eigenvalue weighted by atomic mass is 10.1. The summed E-state index contributed by atoms with van der Waals surface area (Å²) in [6.45, 7) is 1.09. The number of aliphatic carboxylic acids is 3. The van der Waals surface area contributed by atoms with Crippen molar-refractivity contribution in [3.63, 3.8) is 0 Å². The molecule has 12 heteroatoms. The Balaban J connectivity index is 5.08. The number of amides is 2. The summed E-state index contributed by atoms with van der Waals surface area (Å²) >= 11 is 0. The summed E-state index contributed by atoms with van der Waals surface area (Å²) in [7, 11) is 0. The predicted molar refractivity (Wildman–Crippen MR) is 75.7 cm³/mol. The van der Waals surface area contributed by atoms with Crippen molar-refractivity contribution in [3.05, 3.63) is 0 Å². The number of carboxylic acids is 3. The maximum absolute atomic E-state index is 12.0. The van der Waals surface area contributed by atoms with E-state index in [1.54, 1.807) is 0 Å². The van der Waals surface area contributed by atoms with Crippen LogP contribution in [-0.4, -0.2) is 74.4 Å². The highest BCUT2D eigenvalue weighted by atomic mass is 16.4. The summed E-state index contributed by atoms with van der Waals surface area (Å²) in [5, 5.41) is 39.3. The molecule has 0 aromatic heterocycles. The molecule has 2 amide bonds. The lowest BCUT2D eigenvalue weighted by molar-refractivity contribution is -0.146. The van der Waals surface area contributed by atoms with Crippen LogP contribution in [0.25, 0.3) is 0 Å². The van der Waals surface area contributed by atoms with E-state index < -0.39 is 66.8 Å². The third-order valence-electron chi connectivity index (χ3n) is 2.79. The van der Waals surface area contributed by atoms with E-state index in [4.69, 9.17) is 21.1 Å². The summed E-state index contributed by atoms with van der Waals surface area (Å²) in [6.07, 6.45) is -3.13. The van der Waals surface area contributed by atoms with Gasteiger partial charge in [-0.1, -0.05) is 0 Å². The van der Waals surface area contributed by atoms with E-state index in [0.717, 1.165) is 6.92 Å². The molecule has 0 saturated carbocycles. The third-order valence-corrected chi connectivity index (χ3v) is 2.79. The van der Waals surface area contributed by atoms with Crippen LogP contribution in [0.5, 0.6) is 0 Å². The highest BCUT2D eigenvalue weighted by molar-refractivity contribution is 5.94. The topological polar surface area (TPSA) is 216 Å². The van der Waals surface area contributed by atoms with Crippen LogP contribution in [0, 0.1) is 0 Å². The molecule has 0 rings (SSSR count). The SMILES string of the molecule is CC(O)C(NC(=O)C(CC(=O)O)NC(=O)C(N)CC(=O)O)C(=O)O. The Kier molecular flexibility index (Phi) is 8.35. The lowest BCUT2D eigenvalue weighted by Gasteiger charge is -2.22. The number of carbonyl (C=O) groups is 5. The maximum Gasteiger partial charge on any atom is 0.328 e. The van der Waals surface area contributed by atoms with Crippen LogP contribution in [0.2, 0.25) is 0 Å². The Morgan fingerprint density at radius 2 is 1.42 bits per heavy atom. The molecule has 0 bridgehead atoms. The molecule has 0 radical (unpaired) electrons. The second kappa shape index (κ2) is 9.42. The molecule has 0 aromatic rings. The molecule has 4 unspecified atom stereocenters. The molecule has 0 aliphatic heterocycles. The summed E-state index contributed by atoms with van der Waals surface area (Å²) in [5.41, 5.74) is 5.29. The van der Waals surface area contributed by atoms with Gasteiger partial charge in [0, 0.05) is 0 Å². The quantitative estimate of drug-likeness (QED) is 0.208. The van der Waals surface area contributed by atoms with E-state index in [1.165, 1.54) is 0 Å². The molecule has 4 atom stereocenters. The van der Waals surface area contributed by atoms with Crippen LogP contribution in [-0.2, 0) is 24.0 Å². The maximum atomic E-state index is 12.0. The second-order valence-electron chi connectivity index (χ2n) is 4.93. The minimum atomic E-state index is -1.72. The molecule has 0 aliphatic rings. The van der Waals surface area contributed by atoms with Crippen molar-refractivity contribution in [2.24, 2.45) is 5.73 Å². The van der Waals surface area contributed by atoms with Crippen molar-refractivity contribution in [3.8, 4) is 0 Å². The van der Waals surface area contributed by atoms with Crippen molar-refractivity contribution >= 4 is 29.7 Å². The smallest absolute Gasteiger partial charge is 0.328 e. The van der Waals surface area contributed by atoms with Gasteiger partial charge in [-0.05, 0) is 6.92 Å². The first kappa shape index (κ1) is 21.3. The number of carboxylic acid groups (broad SMARTS) is 3. The van der Waals surface area contributed by atoms with Gasteiger partial charge in [0.25, 0.3) is 0 Å². The number of aliphatic hydroxyl groups excluding tert-OH is 1. The van der Waals surface area contributed by atoms with Crippen LogP contribution in [0.3, 0.4) is 0 Å². The summed E-state index contributed by atoms with van der Waals surface area (Å²) < 4.78 is 0. The Labute approximate surface area is 135 Å². The van der Waals surface area contributed by atoms with Gasteiger partial charge in [0.1, 0.15) is 6.04 Å². The first-order chi connectivity index (χ1) is 11.0. The van der Waals surface area contributed by atoms with Crippen molar-refractivity contribution in [2.45, 2.75) is 44.0 Å². The normalized spacial score (nSPS) is 15.5. The van der Waals surface area contributed by atoms with Gasteiger partial charge in [0.15, 0.2) is 6.04 Å². The predicted octanol–water partition coefficient (Wildman–Crippen LogP) is -3.30. The molecule has 0 saturated heterocycles. The van der Waals surface area contributed by atoms with Gasteiger partial charge in [-0.3, -0.25) is 19.2 Å². The zero-order chi connectivity index (χ0) is 19.0. The molecule has 0 aliphatic carbocycles. The highest BCUT2D eigenvalue weighted by Gasteiger charge is 2.31. The van der Waals surface area contributed by atoms with E-state index in [1.807, 2.05) is 10.6 Å². The van der Waals surface area contributed by atoms with Crippen LogP contribution in [0.15, 0.2) is 0 Å². The zero-order valence-corrected chi connectivity index (χ0v) is 12.6. The van der Waals surface area contributed by atoms with Crippen molar-refractivity contribution < 1.29 is 44.4 Å². The van der Waals surface area contributed by atoms with Gasteiger partial charge in [0.05, 0.1) is 25.0 Å². The highest BCUT2D eigenvalue weighted by Crippen LogP contribution is 2.00. The molecule has 0 heterocycles. The molecular formula is C12H19N3O9. The summed E-state index contributed by atoms with van der Waals surface area (Å²) in [6, 6.07) is -4.95. The van der Waals surface area contributed by atoms with Crippen LogP contribution < -0.4 is 16.4 Å². The Morgan fingerprint density at radius 1 is 0.917 bits per heavy atom. The molecule has 8 N–H and O–H groups in total. The third kappa shape index (κ3) is 7.51. The Hall–Kier alpha value is -2.73. The van der Waals surface area contributed by atoms with E-state index >= 15 is 0 Å². The van der Waals surface area contributed by atoms with Gasteiger partial charge in [-0.25, -0.2) is 4.79 Å². The van der Waals surface area contributed by atoms with E-state index in [2.05, 4.69) is 0 Å². The molecule has 24 heavy (non-hydrogen) atoms. The molecule has 136 valence electrons. The van der Waals surface area contributed by atoms with Crippen LogP contribution in [0.4, 0.5) is 0 Å². The van der Waals surface area contributed by atoms with Crippen LogP contribution >= 0.6 is 0 Å². The number of carbonyl (C=O) groups excluding carboxylic acids is 2. The first-order valence-corrected chi connectivity index (χ1v) is 6.66. The van der Waals surface area contributed by atoms with Gasteiger partial charge >= 0.3 is 17.9 Å². The van der Waals surface area contributed by atoms with E-state index in [0.29, 0.717) is 0 Å². The van der Waals surface area contributed by atoms with Gasteiger partial charge in [0.2, 0.25) is 11.8 Å². The minimum Gasteiger partial charge on any atom is -0.481 e. The number of hydrogen-bond donors (Lipinski definition) is 7. The van der Waals surface area contributed by atoms with E-state index in [9.17, 15) is 29.1 Å². The molecule has 12 nitrogen and oxygen atoms in total. The zero-order valence-electron chi connectivity index (χ0n) is 12.6. The molecule has 0 aromatic carbocycles. The average molecular weight is 349 g/mol. The number of nitrogens with one attached hydrogen (secondary N) is 2. The fraction of sp³-hybridized carbons (Fsp3) is 0.583. The van der Waals surface area contributed by atoms with Gasteiger partial charge in [-0.15, -0.1) is 0 Å². The Bertz CT molecular complexity index is 520. The molecule has 0 spiro atoms. The average Bonchev–Trinajstić information content (AvgIpc) is 2.41. The second-order valence-corrected chi connectivity index (χ2v) is 4.93. The van der Waals surface area contributed by atoms with Crippen molar-refractivity contribution in [1.82, 2.24) is 10.6 Å². The molecule has 0 fully saturated rings. The fourth-order valence-corrected chi connectivity index (χ4v) is 1.59. The summed E-state index contributed by atoms with van der Waals surface area (Å²) in [4.78, 5) is 55.8. The fourth-order valence-electron chi connectivity index (χ4n) is 1.59. The standard InChI is InChI=1S/C12H19N3O9/c1-4(16)9(12(23)24)15-11(22)6(3-8(19)20)14-10(21)5(13)2-7(17)18/h4-6,9,16H,2-3,13H2,1H3,(H,14,21)(H,15,22)(H,17,18)(H,19,20)(H,23,24). The van der Waals surface area contributed by atoms with E-state index in [-0.39, 0.29) is 0 Å². The largest absolute Gasteiger partial charge is 0.481 e. The number of aliphatic hydroxyl groups is 1. The van der Waals surface area contributed by atoms with Gasteiger partial charge in [-0.2, -0.15) is 0 Å². The van der Waals surface area contributed by atoms with Crippen LogP contribution in [0.1, 0.15) is 19.8 Å². The van der Waals surface area contributed by atoms with Crippen molar-refractivity contribution in [2.75, 3.05) is 0 Å². The van der Waals surface area contributed by atoms with Crippen molar-refractivity contribution in [1.29, 1.82) is 0 Å².